The molecule has 2 aromatic heterocycles. The smallest absolute Gasteiger partial charge is 0.227 e. The summed E-state index contributed by atoms with van der Waals surface area (Å²) in [5.74, 6) is 0.630. The fourth-order valence-electron chi connectivity index (χ4n) is 7.15. The highest BCUT2D eigenvalue weighted by Crippen LogP contribution is 2.38. The fraction of sp³-hybridized carbons (Fsp3) is 0. The summed E-state index contributed by atoms with van der Waals surface area (Å²) in [6, 6.07) is 60.7. The SMILES string of the molecule is c1ccc2cc(-c3ccc4c(c3)c3cc(-c5ccc6ccccc6c5)ccc3n4-c3ccc(-c4nc5ccccc5o4)cc3)ccc2c1. The van der Waals surface area contributed by atoms with Gasteiger partial charge in [0.15, 0.2) is 5.58 Å². The van der Waals surface area contributed by atoms with Crippen LogP contribution in [0.3, 0.4) is 0 Å². The summed E-state index contributed by atoms with van der Waals surface area (Å²) < 4.78 is 8.44. The Morgan fingerprint density at radius 1 is 0.396 bits per heavy atom. The number of oxazole rings is 1. The lowest BCUT2D eigenvalue weighted by molar-refractivity contribution is 0.620. The molecule has 2 heterocycles. The van der Waals surface area contributed by atoms with Gasteiger partial charge >= 0.3 is 0 Å². The van der Waals surface area contributed by atoms with Gasteiger partial charge in [0.1, 0.15) is 5.52 Å². The third-order valence-electron chi connectivity index (χ3n) is 9.60. The molecule has 10 rings (SSSR count). The zero-order valence-electron chi connectivity index (χ0n) is 26.0. The van der Waals surface area contributed by atoms with Crippen molar-refractivity contribution < 1.29 is 4.42 Å². The Labute approximate surface area is 277 Å². The van der Waals surface area contributed by atoms with Crippen LogP contribution in [0.15, 0.2) is 174 Å². The molecule has 0 aliphatic heterocycles. The van der Waals surface area contributed by atoms with Crippen LogP contribution in [0.1, 0.15) is 0 Å². The third-order valence-corrected chi connectivity index (χ3v) is 9.60. The van der Waals surface area contributed by atoms with E-state index in [4.69, 9.17) is 9.40 Å². The molecule has 0 unspecified atom stereocenters. The molecule has 3 heteroatoms. The van der Waals surface area contributed by atoms with E-state index in [-0.39, 0.29) is 0 Å². The molecule has 10 aromatic rings. The lowest BCUT2D eigenvalue weighted by atomic mass is 9.98. The number of para-hydroxylation sites is 2. The number of aromatic nitrogens is 2. The standard InChI is InChI=1S/C45H28N2O/c1-3-9-32-25-34(15-13-29(32)7-1)36-19-23-42-39(27-36)40-28-37(35-16-14-30-8-2-4-10-33(30)26-35)20-24-43(40)47(42)38-21-17-31(18-22-38)45-46-41-11-5-6-12-44(41)48-45/h1-28H. The van der Waals surface area contributed by atoms with Crippen molar-refractivity contribution in [3.8, 4) is 39.4 Å². The molecular weight excluding hydrogens is 585 g/mol. The molecule has 0 fully saturated rings. The minimum atomic E-state index is 0.630. The third kappa shape index (κ3) is 4.33. The first kappa shape index (κ1) is 26.7. The Morgan fingerprint density at radius 2 is 0.875 bits per heavy atom. The van der Waals surface area contributed by atoms with E-state index in [2.05, 4.69) is 150 Å². The number of fused-ring (bicyclic) bond motifs is 6. The van der Waals surface area contributed by atoms with E-state index in [1.54, 1.807) is 0 Å². The van der Waals surface area contributed by atoms with Gasteiger partial charge in [-0.2, -0.15) is 0 Å². The Bertz CT molecular complexity index is 2670. The van der Waals surface area contributed by atoms with Gasteiger partial charge in [0, 0.05) is 22.0 Å². The molecule has 0 saturated carbocycles. The quantitative estimate of drug-likeness (QED) is 0.198. The van der Waals surface area contributed by atoms with Gasteiger partial charge in [0.2, 0.25) is 5.89 Å². The van der Waals surface area contributed by atoms with Gasteiger partial charge in [-0.1, -0.05) is 97.1 Å². The van der Waals surface area contributed by atoms with Crippen molar-refractivity contribution in [1.82, 2.24) is 9.55 Å². The maximum atomic E-state index is 6.07. The highest BCUT2D eigenvalue weighted by molar-refractivity contribution is 6.12. The largest absolute Gasteiger partial charge is 0.436 e. The summed E-state index contributed by atoms with van der Waals surface area (Å²) >= 11 is 0. The van der Waals surface area contributed by atoms with E-state index >= 15 is 0 Å². The predicted octanol–water partition coefficient (Wildman–Crippen LogP) is 12.2. The molecule has 0 atom stereocenters. The first-order valence-electron chi connectivity index (χ1n) is 16.3. The summed E-state index contributed by atoms with van der Waals surface area (Å²) in [5, 5.41) is 7.44. The van der Waals surface area contributed by atoms with Crippen molar-refractivity contribution in [1.29, 1.82) is 0 Å². The van der Waals surface area contributed by atoms with Crippen LogP contribution in [0, 0.1) is 0 Å². The van der Waals surface area contributed by atoms with Crippen molar-refractivity contribution in [3.05, 3.63) is 170 Å². The highest BCUT2D eigenvalue weighted by Gasteiger charge is 2.16. The Kier molecular flexibility index (Phi) is 5.87. The Balaban J connectivity index is 1.15. The van der Waals surface area contributed by atoms with Crippen molar-refractivity contribution in [3.63, 3.8) is 0 Å². The molecular formula is C45H28N2O. The summed E-state index contributed by atoms with van der Waals surface area (Å²) in [5.41, 5.74) is 10.9. The minimum Gasteiger partial charge on any atom is -0.436 e. The summed E-state index contributed by atoms with van der Waals surface area (Å²) in [7, 11) is 0. The molecule has 0 spiro atoms. The van der Waals surface area contributed by atoms with Gasteiger partial charge in [0.25, 0.3) is 0 Å². The highest BCUT2D eigenvalue weighted by atomic mass is 16.3. The molecule has 8 aromatic carbocycles. The van der Waals surface area contributed by atoms with Crippen LogP contribution in [-0.2, 0) is 0 Å². The van der Waals surface area contributed by atoms with Crippen LogP contribution in [0.2, 0.25) is 0 Å². The van der Waals surface area contributed by atoms with Crippen LogP contribution in [-0.4, -0.2) is 9.55 Å². The number of benzene rings is 8. The molecule has 0 aliphatic rings. The summed E-state index contributed by atoms with van der Waals surface area (Å²) in [6.07, 6.45) is 0. The maximum Gasteiger partial charge on any atom is 0.227 e. The van der Waals surface area contributed by atoms with E-state index in [1.165, 1.54) is 65.6 Å². The fourth-order valence-corrected chi connectivity index (χ4v) is 7.15. The normalized spacial score (nSPS) is 11.8. The van der Waals surface area contributed by atoms with Gasteiger partial charge in [0.05, 0.1) is 11.0 Å². The second-order valence-electron chi connectivity index (χ2n) is 12.5. The summed E-state index contributed by atoms with van der Waals surface area (Å²) in [4.78, 5) is 4.72. The van der Waals surface area contributed by atoms with Gasteiger partial charge in [-0.15, -0.1) is 0 Å². The van der Waals surface area contributed by atoms with Gasteiger partial charge in [-0.3, -0.25) is 0 Å². The molecule has 0 aliphatic carbocycles. The van der Waals surface area contributed by atoms with Crippen LogP contribution in [0.4, 0.5) is 0 Å². The van der Waals surface area contributed by atoms with E-state index < -0.39 is 0 Å². The maximum absolute atomic E-state index is 6.07. The van der Waals surface area contributed by atoms with Gasteiger partial charge in [-0.05, 0) is 117 Å². The molecule has 0 radical (unpaired) electrons. The molecule has 0 N–H and O–H groups in total. The van der Waals surface area contributed by atoms with Crippen molar-refractivity contribution >= 4 is 54.5 Å². The van der Waals surface area contributed by atoms with Crippen molar-refractivity contribution in [2.24, 2.45) is 0 Å². The summed E-state index contributed by atoms with van der Waals surface area (Å²) in [6.45, 7) is 0. The first-order chi connectivity index (χ1) is 23.7. The number of nitrogens with zero attached hydrogens (tertiary/aromatic N) is 2. The Morgan fingerprint density at radius 3 is 1.46 bits per heavy atom. The number of rotatable bonds is 4. The molecule has 0 saturated heterocycles. The van der Waals surface area contributed by atoms with Crippen LogP contribution in [0.25, 0.3) is 93.8 Å². The molecule has 48 heavy (non-hydrogen) atoms. The average molecular weight is 613 g/mol. The van der Waals surface area contributed by atoms with Crippen LogP contribution < -0.4 is 0 Å². The lowest BCUT2D eigenvalue weighted by Gasteiger charge is -2.10. The van der Waals surface area contributed by atoms with Crippen molar-refractivity contribution in [2.75, 3.05) is 0 Å². The molecule has 0 amide bonds. The topological polar surface area (TPSA) is 31.0 Å². The lowest BCUT2D eigenvalue weighted by Crippen LogP contribution is -1.94. The monoisotopic (exact) mass is 612 g/mol. The van der Waals surface area contributed by atoms with Gasteiger partial charge in [-0.25, -0.2) is 4.98 Å². The van der Waals surface area contributed by atoms with E-state index in [1.807, 2.05) is 24.3 Å². The van der Waals surface area contributed by atoms with Gasteiger partial charge < -0.3 is 8.98 Å². The molecule has 3 nitrogen and oxygen atoms in total. The van der Waals surface area contributed by atoms with E-state index in [0.717, 1.165) is 22.4 Å². The Hall–Kier alpha value is -6.45. The first-order valence-corrected chi connectivity index (χ1v) is 16.3. The second-order valence-corrected chi connectivity index (χ2v) is 12.5. The van der Waals surface area contributed by atoms with Crippen molar-refractivity contribution in [2.45, 2.75) is 0 Å². The zero-order chi connectivity index (χ0) is 31.6. The van der Waals surface area contributed by atoms with E-state index in [0.29, 0.717) is 5.89 Å². The molecule has 224 valence electrons. The zero-order valence-corrected chi connectivity index (χ0v) is 26.0. The van der Waals surface area contributed by atoms with Crippen LogP contribution >= 0.6 is 0 Å². The van der Waals surface area contributed by atoms with Crippen LogP contribution in [0.5, 0.6) is 0 Å². The number of hydrogen-bond acceptors (Lipinski definition) is 2. The van der Waals surface area contributed by atoms with E-state index in [9.17, 15) is 0 Å². The number of hydrogen-bond donors (Lipinski definition) is 0. The molecule has 0 bridgehead atoms. The average Bonchev–Trinajstić information content (AvgIpc) is 3.73. The minimum absolute atomic E-state index is 0.630. The predicted molar refractivity (Wildman–Crippen MR) is 200 cm³/mol. The second kappa shape index (κ2) is 10.5.